The molecule has 0 fully saturated rings. The van der Waals surface area contributed by atoms with Gasteiger partial charge in [-0.05, 0) is 161 Å². The van der Waals surface area contributed by atoms with Crippen LogP contribution in [0.2, 0.25) is 0 Å². The van der Waals surface area contributed by atoms with E-state index in [9.17, 15) is 0 Å². The van der Waals surface area contributed by atoms with E-state index in [4.69, 9.17) is 0 Å². The first-order valence-corrected chi connectivity index (χ1v) is 22.0. The highest BCUT2D eigenvalue weighted by atomic mass is 15.1. The topological polar surface area (TPSA) is 6.48 Å². The average molecular weight is 815 g/mol. The summed E-state index contributed by atoms with van der Waals surface area (Å²) < 4.78 is 0. The summed E-state index contributed by atoms with van der Waals surface area (Å²) >= 11 is 0. The molecule has 0 saturated carbocycles. The molecular weight excluding hydrogens is 773 g/mol. The van der Waals surface area contributed by atoms with Gasteiger partial charge in [-0.15, -0.1) is 0 Å². The molecule has 0 heterocycles. The van der Waals surface area contributed by atoms with Gasteiger partial charge in [0.05, 0.1) is 0 Å². The first-order chi connectivity index (χ1) is 31.7. The van der Waals surface area contributed by atoms with Gasteiger partial charge in [0, 0.05) is 34.1 Å². The summed E-state index contributed by atoms with van der Waals surface area (Å²) in [4.78, 5) is 4.72. The van der Waals surface area contributed by atoms with E-state index < -0.39 is 0 Å². The van der Waals surface area contributed by atoms with Crippen LogP contribution in [0.5, 0.6) is 0 Å². The third-order valence-corrected chi connectivity index (χ3v) is 12.7. The van der Waals surface area contributed by atoms with Crippen LogP contribution >= 0.6 is 0 Å². The molecule has 0 aliphatic heterocycles. The third kappa shape index (κ3) is 6.52. The predicted molar refractivity (Wildman–Crippen MR) is 274 cm³/mol. The Balaban J connectivity index is 1.04. The van der Waals surface area contributed by atoms with E-state index >= 15 is 0 Å². The molecule has 2 nitrogen and oxygen atoms in total. The highest BCUT2D eigenvalue weighted by Gasteiger charge is 2.20. The maximum Gasteiger partial charge on any atom is 0.0474 e. The van der Waals surface area contributed by atoms with Crippen molar-refractivity contribution in [1.82, 2.24) is 0 Å². The molecule has 300 valence electrons. The summed E-state index contributed by atoms with van der Waals surface area (Å²) in [6.45, 7) is 0. The van der Waals surface area contributed by atoms with Gasteiger partial charge in [0.25, 0.3) is 0 Å². The van der Waals surface area contributed by atoms with Crippen molar-refractivity contribution in [3.8, 4) is 22.3 Å². The molecule has 0 atom stereocenters. The van der Waals surface area contributed by atoms with Crippen LogP contribution in [-0.4, -0.2) is 0 Å². The lowest BCUT2D eigenvalue weighted by Gasteiger charge is -2.27. The lowest BCUT2D eigenvalue weighted by atomic mass is 9.86. The molecule has 0 saturated heterocycles. The minimum atomic E-state index is 1.11. The normalized spacial score (nSPS) is 11.4. The third-order valence-electron chi connectivity index (χ3n) is 12.7. The van der Waals surface area contributed by atoms with Crippen LogP contribution < -0.4 is 9.80 Å². The summed E-state index contributed by atoms with van der Waals surface area (Å²) in [5.41, 5.74) is 11.5. The molecule has 0 aliphatic rings. The van der Waals surface area contributed by atoms with Crippen molar-refractivity contribution >= 4 is 88.0 Å². The predicted octanol–water partition coefficient (Wildman–Crippen LogP) is 17.7. The molecule has 0 radical (unpaired) electrons. The van der Waals surface area contributed by atoms with Crippen molar-refractivity contribution in [2.75, 3.05) is 9.80 Å². The van der Waals surface area contributed by atoms with Gasteiger partial charge in [0.15, 0.2) is 0 Å². The molecule has 0 aliphatic carbocycles. The van der Waals surface area contributed by atoms with Crippen molar-refractivity contribution in [2.24, 2.45) is 0 Å². The molecule has 64 heavy (non-hydrogen) atoms. The zero-order valence-electron chi connectivity index (χ0n) is 35.1. The second kappa shape index (κ2) is 15.8. The van der Waals surface area contributed by atoms with Crippen LogP contribution in [0.4, 0.5) is 34.1 Å². The number of benzene rings is 12. The number of nitrogens with zero attached hydrogens (tertiary/aromatic N) is 2. The molecule has 0 bridgehead atoms. The van der Waals surface area contributed by atoms with E-state index in [2.05, 4.69) is 265 Å². The molecule has 12 aromatic carbocycles. The first kappa shape index (κ1) is 37.3. The molecule has 0 aromatic heterocycles. The van der Waals surface area contributed by atoms with Gasteiger partial charge in [0.2, 0.25) is 0 Å². The van der Waals surface area contributed by atoms with Crippen molar-refractivity contribution in [1.29, 1.82) is 0 Å². The molecule has 12 aromatic rings. The highest BCUT2D eigenvalue weighted by Crippen LogP contribution is 2.46. The Morgan fingerprint density at radius 3 is 1.17 bits per heavy atom. The molecule has 0 unspecified atom stereocenters. The minimum absolute atomic E-state index is 1.11. The van der Waals surface area contributed by atoms with Crippen LogP contribution in [-0.2, 0) is 0 Å². The zero-order valence-corrected chi connectivity index (χ0v) is 35.1. The van der Waals surface area contributed by atoms with Gasteiger partial charge in [-0.25, -0.2) is 0 Å². The summed E-state index contributed by atoms with van der Waals surface area (Å²) in [5, 5.41) is 12.3. The Morgan fingerprint density at radius 2 is 0.578 bits per heavy atom. The SMILES string of the molecule is c1ccc(N(c2ccc(-c3cc4c5ccccc5c(-c5cc(N(c6ccccc6)c6ccccc6)cc6ccccc56)cc4c4ccccc34)cc2)c2ccc3ccccc3c2)cc1. The zero-order chi connectivity index (χ0) is 42.4. The van der Waals surface area contributed by atoms with E-state index in [1.165, 1.54) is 76.1 Å². The quantitative estimate of drug-likeness (QED) is 0.141. The fourth-order valence-electron chi connectivity index (χ4n) is 9.79. The van der Waals surface area contributed by atoms with Crippen LogP contribution in [0.1, 0.15) is 0 Å². The van der Waals surface area contributed by atoms with E-state index in [-0.39, 0.29) is 0 Å². The smallest absolute Gasteiger partial charge is 0.0474 e. The average Bonchev–Trinajstić information content (AvgIpc) is 3.37. The number of hydrogen-bond donors (Lipinski definition) is 0. The molecule has 0 spiro atoms. The van der Waals surface area contributed by atoms with Crippen LogP contribution in [0.25, 0.3) is 76.1 Å². The second-order valence-electron chi connectivity index (χ2n) is 16.5. The number of para-hydroxylation sites is 3. The van der Waals surface area contributed by atoms with Crippen molar-refractivity contribution in [3.05, 3.63) is 255 Å². The molecule has 2 heteroatoms. The Bertz CT molecular complexity index is 3620. The Kier molecular flexibility index (Phi) is 9.20. The van der Waals surface area contributed by atoms with Crippen molar-refractivity contribution < 1.29 is 0 Å². The largest absolute Gasteiger partial charge is 0.310 e. The molecule has 12 rings (SSSR count). The number of anilines is 6. The Morgan fingerprint density at radius 1 is 0.188 bits per heavy atom. The number of rotatable bonds is 8. The van der Waals surface area contributed by atoms with E-state index in [1.807, 2.05) is 0 Å². The van der Waals surface area contributed by atoms with Gasteiger partial charge >= 0.3 is 0 Å². The van der Waals surface area contributed by atoms with Gasteiger partial charge in [-0.3, -0.25) is 0 Å². The van der Waals surface area contributed by atoms with E-state index in [0.717, 1.165) is 34.1 Å². The van der Waals surface area contributed by atoms with Crippen LogP contribution in [0.15, 0.2) is 255 Å². The molecular formula is C62H42N2. The Labute approximate surface area is 373 Å². The van der Waals surface area contributed by atoms with Crippen LogP contribution in [0, 0.1) is 0 Å². The Hall–Kier alpha value is -8.46. The van der Waals surface area contributed by atoms with Crippen LogP contribution in [0.3, 0.4) is 0 Å². The van der Waals surface area contributed by atoms with E-state index in [1.54, 1.807) is 0 Å². The van der Waals surface area contributed by atoms with Gasteiger partial charge in [-0.2, -0.15) is 0 Å². The number of fused-ring (bicyclic) bond motifs is 7. The maximum atomic E-state index is 2.45. The van der Waals surface area contributed by atoms with E-state index in [0.29, 0.717) is 0 Å². The summed E-state index contributed by atoms with van der Waals surface area (Å²) in [6.07, 6.45) is 0. The highest BCUT2D eigenvalue weighted by molar-refractivity contribution is 6.25. The van der Waals surface area contributed by atoms with Gasteiger partial charge in [0.1, 0.15) is 0 Å². The number of hydrogen-bond acceptors (Lipinski definition) is 2. The summed E-state index contributed by atoms with van der Waals surface area (Å²) in [7, 11) is 0. The molecule has 0 N–H and O–H groups in total. The fourth-order valence-corrected chi connectivity index (χ4v) is 9.79. The lowest BCUT2D eigenvalue weighted by Crippen LogP contribution is -2.10. The first-order valence-electron chi connectivity index (χ1n) is 22.0. The van der Waals surface area contributed by atoms with Crippen molar-refractivity contribution in [2.45, 2.75) is 0 Å². The molecule has 0 amide bonds. The fraction of sp³-hybridized carbons (Fsp3) is 0. The monoisotopic (exact) mass is 814 g/mol. The maximum absolute atomic E-state index is 2.45. The lowest BCUT2D eigenvalue weighted by molar-refractivity contribution is 1.29. The standard InChI is InChI=1S/C62H42N2/c1-4-21-47(22-5-1)63(51-37-32-43-18-10-11-19-45(43)38-51)50-35-33-44(34-36-50)58-41-60-56-30-16-17-31-57(56)61(42-62(60)55-29-15-14-28-54(55)58)59-40-52(39-46-20-12-13-27-53(46)59)64(48-23-6-2-7-24-48)49-25-8-3-9-26-49/h1-42H. The minimum Gasteiger partial charge on any atom is -0.310 e. The van der Waals surface area contributed by atoms with Gasteiger partial charge < -0.3 is 9.80 Å². The summed E-state index contributed by atoms with van der Waals surface area (Å²) in [5.74, 6) is 0. The van der Waals surface area contributed by atoms with Crippen molar-refractivity contribution in [3.63, 3.8) is 0 Å². The second-order valence-corrected chi connectivity index (χ2v) is 16.5. The summed E-state index contributed by atoms with van der Waals surface area (Å²) in [6, 6.07) is 92.8. The van der Waals surface area contributed by atoms with Gasteiger partial charge in [-0.1, -0.05) is 170 Å².